The first kappa shape index (κ1) is 11.5. The Bertz CT molecular complexity index is 243. The maximum atomic E-state index is 9.73. The number of aliphatic hydroxyl groups excluding tert-OH is 1. The van der Waals surface area contributed by atoms with Crippen molar-refractivity contribution < 1.29 is 5.11 Å². The summed E-state index contributed by atoms with van der Waals surface area (Å²) in [5.41, 5.74) is 1.11. The minimum absolute atomic E-state index is 0.112. The minimum atomic E-state index is -0.341. The van der Waals surface area contributed by atoms with Gasteiger partial charge in [-0.25, -0.2) is 0 Å². The predicted molar refractivity (Wildman–Crippen MR) is 63.3 cm³/mol. The molecule has 1 aliphatic rings. The van der Waals surface area contributed by atoms with Crippen LogP contribution in [0.3, 0.4) is 0 Å². The molecule has 0 heterocycles. The third kappa shape index (κ3) is 2.67. The molecule has 0 unspecified atom stereocenters. The van der Waals surface area contributed by atoms with E-state index in [2.05, 4.69) is 51.8 Å². The smallest absolute Gasteiger partial charge is 0.0798 e. The fourth-order valence-electron chi connectivity index (χ4n) is 1.48. The van der Waals surface area contributed by atoms with E-state index in [9.17, 15) is 5.11 Å². The molecule has 0 saturated carbocycles. The summed E-state index contributed by atoms with van der Waals surface area (Å²) in [6, 6.07) is 0. The second-order valence-corrected chi connectivity index (χ2v) is 5.61. The first-order valence-corrected chi connectivity index (χ1v) is 6.12. The van der Waals surface area contributed by atoms with Gasteiger partial charge in [0.15, 0.2) is 0 Å². The number of hydrogen-bond acceptors (Lipinski definition) is 1. The SMILES string of the molecule is CC1(C)C=C(/C=C/Br)[C@H](O)C[C@@H]1Br. The molecule has 0 fully saturated rings. The molecule has 3 heteroatoms. The van der Waals surface area contributed by atoms with Crippen LogP contribution in [0.4, 0.5) is 0 Å². The van der Waals surface area contributed by atoms with Crippen LogP contribution in [0.5, 0.6) is 0 Å². The summed E-state index contributed by atoms with van der Waals surface area (Å²) in [6.45, 7) is 4.33. The van der Waals surface area contributed by atoms with Crippen LogP contribution >= 0.6 is 31.9 Å². The second-order valence-electron chi connectivity index (χ2n) is 3.98. The Morgan fingerprint density at radius 3 is 2.77 bits per heavy atom. The topological polar surface area (TPSA) is 20.2 Å². The van der Waals surface area contributed by atoms with E-state index in [1.54, 1.807) is 4.99 Å². The van der Waals surface area contributed by atoms with Crippen LogP contribution in [-0.2, 0) is 0 Å². The van der Waals surface area contributed by atoms with Gasteiger partial charge in [0.1, 0.15) is 0 Å². The number of rotatable bonds is 1. The van der Waals surface area contributed by atoms with E-state index < -0.39 is 0 Å². The Kier molecular flexibility index (Phi) is 3.78. The highest BCUT2D eigenvalue weighted by Crippen LogP contribution is 2.38. The van der Waals surface area contributed by atoms with E-state index in [0.29, 0.717) is 4.83 Å². The fourth-order valence-corrected chi connectivity index (χ4v) is 2.28. The molecule has 1 rings (SSSR count). The lowest BCUT2D eigenvalue weighted by atomic mass is 9.78. The number of hydrogen-bond donors (Lipinski definition) is 1. The van der Waals surface area contributed by atoms with Gasteiger partial charge < -0.3 is 5.11 Å². The Morgan fingerprint density at radius 1 is 1.62 bits per heavy atom. The van der Waals surface area contributed by atoms with Crippen LogP contribution in [0, 0.1) is 5.41 Å². The van der Waals surface area contributed by atoms with Gasteiger partial charge in [-0.1, -0.05) is 51.8 Å². The molecule has 2 atom stereocenters. The van der Waals surface area contributed by atoms with E-state index in [1.165, 1.54) is 0 Å². The zero-order valence-electron chi connectivity index (χ0n) is 7.80. The Hall–Kier alpha value is 0.400. The van der Waals surface area contributed by atoms with Gasteiger partial charge in [-0.2, -0.15) is 0 Å². The van der Waals surface area contributed by atoms with E-state index in [1.807, 2.05) is 6.08 Å². The van der Waals surface area contributed by atoms with Crippen molar-refractivity contribution in [3.05, 3.63) is 22.7 Å². The molecule has 1 aliphatic carbocycles. The van der Waals surface area contributed by atoms with Gasteiger partial charge in [0.05, 0.1) is 6.10 Å². The Balaban J connectivity index is 2.94. The van der Waals surface area contributed by atoms with Crippen molar-refractivity contribution in [1.29, 1.82) is 0 Å². The van der Waals surface area contributed by atoms with Crippen molar-refractivity contribution in [2.75, 3.05) is 0 Å². The van der Waals surface area contributed by atoms with Crippen LogP contribution < -0.4 is 0 Å². The maximum Gasteiger partial charge on any atom is 0.0798 e. The van der Waals surface area contributed by atoms with Gasteiger partial charge in [-0.3, -0.25) is 0 Å². The third-order valence-corrected chi connectivity index (χ3v) is 4.23. The molecule has 1 N–H and O–H groups in total. The van der Waals surface area contributed by atoms with Crippen molar-refractivity contribution in [2.45, 2.75) is 31.2 Å². The summed E-state index contributed by atoms with van der Waals surface area (Å²) < 4.78 is 0. The lowest BCUT2D eigenvalue weighted by Crippen LogP contribution is -2.32. The first-order valence-electron chi connectivity index (χ1n) is 4.29. The molecule has 0 radical (unpaired) electrons. The summed E-state index contributed by atoms with van der Waals surface area (Å²) in [5, 5.41) is 9.73. The summed E-state index contributed by atoms with van der Waals surface area (Å²) in [7, 11) is 0. The van der Waals surface area contributed by atoms with Crippen LogP contribution in [0.2, 0.25) is 0 Å². The second kappa shape index (κ2) is 4.28. The molecule has 1 nitrogen and oxygen atoms in total. The fraction of sp³-hybridized carbons (Fsp3) is 0.600. The molecule has 0 bridgehead atoms. The molecule has 13 heavy (non-hydrogen) atoms. The van der Waals surface area contributed by atoms with Crippen molar-refractivity contribution in [1.82, 2.24) is 0 Å². The third-order valence-electron chi connectivity index (χ3n) is 2.42. The summed E-state index contributed by atoms with van der Waals surface area (Å²) >= 11 is 6.81. The van der Waals surface area contributed by atoms with E-state index in [-0.39, 0.29) is 11.5 Å². The number of alkyl halides is 1. The van der Waals surface area contributed by atoms with E-state index in [0.717, 1.165) is 12.0 Å². The highest BCUT2D eigenvalue weighted by atomic mass is 79.9. The molecule has 0 spiro atoms. The number of halogens is 2. The monoisotopic (exact) mass is 308 g/mol. The van der Waals surface area contributed by atoms with Crippen LogP contribution in [0.15, 0.2) is 22.7 Å². The van der Waals surface area contributed by atoms with Crippen LogP contribution in [0.25, 0.3) is 0 Å². The molecule has 0 aromatic rings. The predicted octanol–water partition coefficient (Wildman–Crippen LogP) is 3.38. The van der Waals surface area contributed by atoms with Crippen molar-refractivity contribution in [3.63, 3.8) is 0 Å². The van der Waals surface area contributed by atoms with Gasteiger partial charge in [-0.15, -0.1) is 0 Å². The Labute approximate surface area is 96.2 Å². The van der Waals surface area contributed by atoms with Crippen LogP contribution in [-0.4, -0.2) is 16.0 Å². The summed E-state index contributed by atoms with van der Waals surface area (Å²) in [5.74, 6) is 0. The Morgan fingerprint density at radius 2 is 2.23 bits per heavy atom. The number of aliphatic hydroxyl groups is 1. The van der Waals surface area contributed by atoms with Crippen molar-refractivity contribution >= 4 is 31.9 Å². The first-order chi connectivity index (χ1) is 5.97. The lowest BCUT2D eigenvalue weighted by molar-refractivity contribution is 0.177. The average Bonchev–Trinajstić information content (AvgIpc) is 2.00. The maximum absolute atomic E-state index is 9.73. The van der Waals surface area contributed by atoms with E-state index in [4.69, 9.17) is 0 Å². The highest BCUT2D eigenvalue weighted by Gasteiger charge is 2.33. The van der Waals surface area contributed by atoms with Crippen molar-refractivity contribution in [2.24, 2.45) is 5.41 Å². The quantitative estimate of drug-likeness (QED) is 0.736. The van der Waals surface area contributed by atoms with Gasteiger partial charge in [0.25, 0.3) is 0 Å². The van der Waals surface area contributed by atoms with Gasteiger partial charge in [0, 0.05) is 4.83 Å². The zero-order valence-corrected chi connectivity index (χ0v) is 11.0. The molecule has 0 aliphatic heterocycles. The largest absolute Gasteiger partial charge is 0.388 e. The van der Waals surface area contributed by atoms with Crippen LogP contribution in [0.1, 0.15) is 20.3 Å². The molecule has 74 valence electrons. The molecule has 0 amide bonds. The molecular formula is C10H14Br2O. The normalized spacial score (nSPS) is 33.5. The molecule has 0 aromatic carbocycles. The standard InChI is InChI=1S/C10H14Br2O/c1-10(2)6-7(3-4-11)8(13)5-9(10)12/h3-4,6,8-9,13H,5H2,1-2H3/b4-3+/t8-,9+/m1/s1. The van der Waals surface area contributed by atoms with Crippen molar-refractivity contribution in [3.8, 4) is 0 Å². The zero-order chi connectivity index (χ0) is 10.1. The summed E-state index contributed by atoms with van der Waals surface area (Å²) in [6.07, 6.45) is 4.46. The summed E-state index contributed by atoms with van der Waals surface area (Å²) in [4.78, 5) is 2.13. The van der Waals surface area contributed by atoms with Gasteiger partial charge >= 0.3 is 0 Å². The lowest BCUT2D eigenvalue weighted by Gasteiger charge is -2.35. The highest BCUT2D eigenvalue weighted by molar-refractivity contribution is 9.11. The average molecular weight is 310 g/mol. The molecule has 0 saturated heterocycles. The van der Waals surface area contributed by atoms with Gasteiger partial charge in [-0.05, 0) is 28.5 Å². The molecular weight excluding hydrogens is 296 g/mol. The number of allylic oxidation sites excluding steroid dienone is 1. The van der Waals surface area contributed by atoms with E-state index >= 15 is 0 Å². The molecule has 0 aromatic heterocycles. The minimum Gasteiger partial charge on any atom is -0.388 e. The van der Waals surface area contributed by atoms with Gasteiger partial charge in [0.2, 0.25) is 0 Å².